The van der Waals surface area contributed by atoms with Crippen LogP contribution in [0.2, 0.25) is 0 Å². The van der Waals surface area contributed by atoms with Crippen molar-refractivity contribution < 1.29 is 9.53 Å². The van der Waals surface area contributed by atoms with Crippen molar-refractivity contribution >= 4 is 18.3 Å². The highest BCUT2D eigenvalue weighted by atomic mass is 35.5. The molecule has 1 amide bonds. The molecule has 1 unspecified atom stereocenters. The van der Waals surface area contributed by atoms with Gasteiger partial charge in [-0.1, -0.05) is 42.5 Å². The lowest BCUT2D eigenvalue weighted by molar-refractivity contribution is -0.135. The minimum Gasteiger partial charge on any atom is -0.492 e. The van der Waals surface area contributed by atoms with Crippen LogP contribution in [0.5, 0.6) is 5.75 Å². The quantitative estimate of drug-likeness (QED) is 0.872. The van der Waals surface area contributed by atoms with E-state index in [0.29, 0.717) is 13.2 Å². The van der Waals surface area contributed by atoms with Crippen molar-refractivity contribution in [2.24, 2.45) is 5.73 Å². The number of halogens is 1. The molecule has 0 fully saturated rings. The van der Waals surface area contributed by atoms with Crippen molar-refractivity contribution in [2.45, 2.75) is 19.4 Å². The summed E-state index contributed by atoms with van der Waals surface area (Å²) in [6, 6.07) is 17.3. The molecule has 5 heteroatoms. The summed E-state index contributed by atoms with van der Waals surface area (Å²) >= 11 is 0. The van der Waals surface area contributed by atoms with Gasteiger partial charge in [0.15, 0.2) is 0 Å². The second-order valence-electron chi connectivity index (χ2n) is 5.96. The van der Waals surface area contributed by atoms with E-state index in [9.17, 15) is 4.79 Å². The predicted octanol–water partition coefficient (Wildman–Crippen LogP) is 3.13. The van der Waals surface area contributed by atoms with Gasteiger partial charge in [0.25, 0.3) is 0 Å². The number of ether oxygens (including phenoxy) is 1. The van der Waals surface area contributed by atoms with E-state index in [-0.39, 0.29) is 18.3 Å². The van der Waals surface area contributed by atoms with Crippen LogP contribution in [0.1, 0.15) is 18.1 Å². The lowest BCUT2D eigenvalue weighted by Crippen LogP contribution is -2.50. The number of carbonyl (C=O) groups is 1. The van der Waals surface area contributed by atoms with Crippen LogP contribution in [-0.2, 0) is 10.3 Å². The molecule has 0 aliphatic heterocycles. The molecule has 2 aromatic carbocycles. The van der Waals surface area contributed by atoms with E-state index >= 15 is 0 Å². The van der Waals surface area contributed by atoms with Crippen molar-refractivity contribution in [3.05, 3.63) is 65.7 Å². The van der Waals surface area contributed by atoms with E-state index < -0.39 is 5.54 Å². The minimum absolute atomic E-state index is 0. The van der Waals surface area contributed by atoms with Gasteiger partial charge in [-0.2, -0.15) is 0 Å². The van der Waals surface area contributed by atoms with Crippen LogP contribution in [-0.4, -0.2) is 31.0 Å². The van der Waals surface area contributed by atoms with Gasteiger partial charge in [0, 0.05) is 7.05 Å². The molecule has 0 saturated carbocycles. The number of carbonyl (C=O) groups excluding carboxylic acids is 1. The molecule has 24 heavy (non-hydrogen) atoms. The van der Waals surface area contributed by atoms with E-state index in [1.54, 1.807) is 18.9 Å². The number of likely N-dealkylation sites (N-methyl/N-ethyl adjacent to an activating group) is 1. The highest BCUT2D eigenvalue weighted by molar-refractivity contribution is 5.86. The third kappa shape index (κ3) is 4.98. The zero-order valence-corrected chi connectivity index (χ0v) is 15.2. The molecule has 0 aromatic heterocycles. The van der Waals surface area contributed by atoms with E-state index in [1.807, 2.05) is 61.5 Å². The van der Waals surface area contributed by atoms with Crippen LogP contribution >= 0.6 is 12.4 Å². The van der Waals surface area contributed by atoms with Gasteiger partial charge in [-0.25, -0.2) is 0 Å². The maximum Gasteiger partial charge on any atom is 0.246 e. The Labute approximate surface area is 150 Å². The minimum atomic E-state index is -1.04. The maximum atomic E-state index is 12.6. The largest absolute Gasteiger partial charge is 0.492 e. The summed E-state index contributed by atoms with van der Waals surface area (Å²) < 4.78 is 5.69. The summed E-state index contributed by atoms with van der Waals surface area (Å²) in [7, 11) is 1.75. The summed E-state index contributed by atoms with van der Waals surface area (Å²) in [5.41, 5.74) is 7.16. The molecule has 2 rings (SSSR count). The SMILES string of the molecule is Cc1cccc(OCCN(C)C(=O)C(C)(N)c2ccccc2)c1.Cl. The number of rotatable bonds is 6. The Hall–Kier alpha value is -2.04. The van der Waals surface area contributed by atoms with Crippen molar-refractivity contribution in [3.8, 4) is 5.75 Å². The average molecular weight is 349 g/mol. The van der Waals surface area contributed by atoms with E-state index in [0.717, 1.165) is 16.9 Å². The van der Waals surface area contributed by atoms with Crippen LogP contribution in [0.3, 0.4) is 0 Å². The first-order chi connectivity index (χ1) is 10.9. The molecule has 0 saturated heterocycles. The summed E-state index contributed by atoms with van der Waals surface area (Å²) in [4.78, 5) is 14.2. The van der Waals surface area contributed by atoms with Crippen LogP contribution in [0.4, 0.5) is 0 Å². The van der Waals surface area contributed by atoms with Gasteiger partial charge >= 0.3 is 0 Å². The van der Waals surface area contributed by atoms with Crippen LogP contribution in [0, 0.1) is 6.92 Å². The van der Waals surface area contributed by atoms with Crippen LogP contribution in [0.25, 0.3) is 0 Å². The molecule has 130 valence electrons. The number of nitrogens with two attached hydrogens (primary N) is 1. The zero-order chi connectivity index (χ0) is 16.9. The van der Waals surface area contributed by atoms with Gasteiger partial charge in [-0.15, -0.1) is 12.4 Å². The Balaban J connectivity index is 0.00000288. The first-order valence-electron chi connectivity index (χ1n) is 7.70. The van der Waals surface area contributed by atoms with Gasteiger partial charge < -0.3 is 15.4 Å². The Kier molecular flexibility index (Phi) is 7.26. The Morgan fingerprint density at radius 3 is 2.46 bits per heavy atom. The molecule has 0 radical (unpaired) electrons. The fourth-order valence-electron chi connectivity index (χ4n) is 2.41. The van der Waals surface area contributed by atoms with Gasteiger partial charge in [0.05, 0.1) is 6.54 Å². The monoisotopic (exact) mass is 348 g/mol. The maximum absolute atomic E-state index is 12.6. The summed E-state index contributed by atoms with van der Waals surface area (Å²) in [5.74, 6) is 0.681. The first kappa shape index (κ1) is 20.0. The van der Waals surface area contributed by atoms with Crippen molar-refractivity contribution in [3.63, 3.8) is 0 Å². The lowest BCUT2D eigenvalue weighted by atomic mass is 9.92. The highest BCUT2D eigenvalue weighted by Gasteiger charge is 2.32. The Morgan fingerprint density at radius 2 is 1.83 bits per heavy atom. The van der Waals surface area contributed by atoms with E-state index in [4.69, 9.17) is 10.5 Å². The average Bonchev–Trinajstić information content (AvgIpc) is 2.55. The normalized spacial score (nSPS) is 12.7. The fourth-order valence-corrected chi connectivity index (χ4v) is 2.41. The standard InChI is InChI=1S/C19H24N2O2.ClH/c1-15-8-7-11-17(14-15)23-13-12-21(3)18(22)19(2,20)16-9-5-4-6-10-16;/h4-11,14H,12-13,20H2,1-3H3;1H. The molecule has 2 aromatic rings. The van der Waals surface area contributed by atoms with Crippen LogP contribution in [0.15, 0.2) is 54.6 Å². The van der Waals surface area contributed by atoms with Crippen molar-refractivity contribution in [1.82, 2.24) is 4.90 Å². The molecule has 0 aliphatic rings. The van der Waals surface area contributed by atoms with E-state index in [1.165, 1.54) is 0 Å². The third-order valence-electron chi connectivity index (χ3n) is 3.85. The summed E-state index contributed by atoms with van der Waals surface area (Å²) in [6.45, 7) is 4.66. The molecule has 0 heterocycles. The zero-order valence-electron chi connectivity index (χ0n) is 14.4. The van der Waals surface area contributed by atoms with Gasteiger partial charge in [0.2, 0.25) is 5.91 Å². The van der Waals surface area contributed by atoms with Crippen LogP contribution < -0.4 is 10.5 Å². The van der Waals surface area contributed by atoms with E-state index in [2.05, 4.69) is 0 Å². The number of hydrogen-bond donors (Lipinski definition) is 1. The Bertz CT molecular complexity index is 659. The van der Waals surface area contributed by atoms with Crippen molar-refractivity contribution in [1.29, 1.82) is 0 Å². The number of hydrogen-bond acceptors (Lipinski definition) is 3. The molecule has 4 nitrogen and oxygen atoms in total. The number of benzene rings is 2. The number of amides is 1. The molecule has 0 spiro atoms. The highest BCUT2D eigenvalue weighted by Crippen LogP contribution is 2.19. The summed E-state index contributed by atoms with van der Waals surface area (Å²) in [5, 5.41) is 0. The smallest absolute Gasteiger partial charge is 0.246 e. The van der Waals surface area contributed by atoms with Crippen molar-refractivity contribution in [2.75, 3.05) is 20.2 Å². The first-order valence-corrected chi connectivity index (χ1v) is 7.70. The lowest BCUT2D eigenvalue weighted by Gasteiger charge is -2.29. The molecule has 0 bridgehead atoms. The summed E-state index contributed by atoms with van der Waals surface area (Å²) in [6.07, 6.45) is 0. The number of aryl methyl sites for hydroxylation is 1. The number of nitrogens with zero attached hydrogens (tertiary/aromatic N) is 1. The molecule has 1 atom stereocenters. The predicted molar refractivity (Wildman–Crippen MR) is 99.5 cm³/mol. The Morgan fingerprint density at radius 1 is 1.17 bits per heavy atom. The second-order valence-corrected chi connectivity index (χ2v) is 5.96. The third-order valence-corrected chi connectivity index (χ3v) is 3.85. The topological polar surface area (TPSA) is 55.6 Å². The molecular weight excluding hydrogens is 324 g/mol. The molecular formula is C19H25ClN2O2. The van der Waals surface area contributed by atoms with Gasteiger partial charge in [0.1, 0.15) is 17.9 Å². The molecule has 2 N–H and O–H groups in total. The van der Waals surface area contributed by atoms with Gasteiger partial charge in [-0.3, -0.25) is 4.79 Å². The fraction of sp³-hybridized carbons (Fsp3) is 0.316. The van der Waals surface area contributed by atoms with Gasteiger partial charge in [-0.05, 0) is 37.1 Å². The second kappa shape index (κ2) is 8.71. The molecule has 0 aliphatic carbocycles.